The third kappa shape index (κ3) is 4.21. The Hall–Kier alpha value is -2.74. The van der Waals surface area contributed by atoms with Gasteiger partial charge in [-0.15, -0.1) is 10.2 Å². The largest absolute Gasteiger partial charge is 0.411 e. The Balaban J connectivity index is 1.63. The van der Waals surface area contributed by atoms with Crippen molar-refractivity contribution in [1.29, 1.82) is 0 Å². The van der Waals surface area contributed by atoms with Crippen LogP contribution in [0.25, 0.3) is 11.5 Å². The average molecular weight is 361 g/mol. The van der Waals surface area contributed by atoms with Crippen LogP contribution < -0.4 is 5.32 Å². The van der Waals surface area contributed by atoms with Gasteiger partial charge in [-0.1, -0.05) is 30.0 Å². The van der Waals surface area contributed by atoms with Crippen molar-refractivity contribution >= 4 is 23.4 Å². The van der Waals surface area contributed by atoms with E-state index in [1.807, 2.05) is 30.3 Å². The summed E-state index contributed by atoms with van der Waals surface area (Å²) in [6.07, 6.45) is 0. The number of nitrogens with zero attached hydrogens (tertiary/aromatic N) is 2. The Bertz CT molecular complexity index is 887. The second kappa shape index (κ2) is 7.43. The number of benzene rings is 2. The number of anilines is 1. The molecule has 128 valence electrons. The fraction of sp³-hybridized carbons (Fsp3) is 0.118. The molecule has 0 aliphatic rings. The van der Waals surface area contributed by atoms with Crippen LogP contribution in [-0.4, -0.2) is 21.4 Å². The van der Waals surface area contributed by atoms with E-state index in [1.165, 1.54) is 6.07 Å². The number of aromatic nitrogens is 2. The zero-order valence-electron chi connectivity index (χ0n) is 13.1. The van der Waals surface area contributed by atoms with Crippen molar-refractivity contribution in [3.63, 3.8) is 0 Å². The van der Waals surface area contributed by atoms with Gasteiger partial charge in [-0.25, -0.2) is 8.78 Å². The lowest BCUT2D eigenvalue weighted by atomic mass is 10.2. The highest BCUT2D eigenvalue weighted by Gasteiger charge is 2.19. The van der Waals surface area contributed by atoms with Gasteiger partial charge < -0.3 is 9.73 Å². The number of carbonyl (C=O) groups is 1. The molecule has 1 amide bonds. The molecule has 25 heavy (non-hydrogen) atoms. The predicted octanol–water partition coefficient (Wildman–Crippen LogP) is 4.13. The van der Waals surface area contributed by atoms with Gasteiger partial charge in [0.25, 0.3) is 5.22 Å². The fourth-order valence-electron chi connectivity index (χ4n) is 1.98. The number of thioether (sulfide) groups is 1. The van der Waals surface area contributed by atoms with Gasteiger partial charge in [0.15, 0.2) is 11.6 Å². The second-order valence-electron chi connectivity index (χ2n) is 5.12. The number of carbonyl (C=O) groups excluding carboxylic acids is 1. The Kier molecular flexibility index (Phi) is 5.08. The molecule has 0 saturated heterocycles. The molecule has 5 nitrogen and oxygen atoms in total. The smallest absolute Gasteiger partial charge is 0.277 e. The van der Waals surface area contributed by atoms with Crippen molar-refractivity contribution in [2.24, 2.45) is 0 Å². The molecule has 8 heteroatoms. The first kappa shape index (κ1) is 17.1. The van der Waals surface area contributed by atoms with E-state index in [1.54, 1.807) is 6.92 Å². The van der Waals surface area contributed by atoms with Crippen LogP contribution >= 0.6 is 11.8 Å². The van der Waals surface area contributed by atoms with Crippen molar-refractivity contribution in [1.82, 2.24) is 10.2 Å². The lowest BCUT2D eigenvalue weighted by Gasteiger charge is -2.10. The van der Waals surface area contributed by atoms with Crippen LogP contribution in [0.4, 0.5) is 14.5 Å². The fourth-order valence-corrected chi connectivity index (χ4v) is 2.66. The van der Waals surface area contributed by atoms with Crippen molar-refractivity contribution in [3.05, 3.63) is 60.2 Å². The number of halogens is 2. The summed E-state index contributed by atoms with van der Waals surface area (Å²) in [5, 5.41) is 10.0. The van der Waals surface area contributed by atoms with E-state index in [-0.39, 0.29) is 10.9 Å². The summed E-state index contributed by atoms with van der Waals surface area (Å²) >= 11 is 1.07. The standard InChI is InChI=1S/C17H13F2N3O2S/c1-10(15(23)20-12-7-8-13(18)14(19)9-12)25-17-22-21-16(24-17)11-5-3-2-4-6-11/h2-10H,1H3,(H,20,23)/t10-/m0/s1. The van der Waals surface area contributed by atoms with Crippen LogP contribution in [0.3, 0.4) is 0 Å². The van der Waals surface area contributed by atoms with Crippen molar-refractivity contribution in [2.75, 3.05) is 5.32 Å². The maximum Gasteiger partial charge on any atom is 0.277 e. The SMILES string of the molecule is C[C@H](Sc1nnc(-c2ccccc2)o1)C(=O)Nc1ccc(F)c(F)c1. The van der Waals surface area contributed by atoms with Crippen molar-refractivity contribution < 1.29 is 18.0 Å². The molecule has 2 aromatic carbocycles. The number of nitrogens with one attached hydrogen (secondary N) is 1. The Morgan fingerprint density at radius 2 is 1.88 bits per heavy atom. The van der Waals surface area contributed by atoms with Crippen LogP contribution in [0.2, 0.25) is 0 Å². The van der Waals surface area contributed by atoms with Gasteiger partial charge in [0.2, 0.25) is 11.8 Å². The molecule has 1 heterocycles. The van der Waals surface area contributed by atoms with Crippen LogP contribution in [-0.2, 0) is 4.79 Å². The van der Waals surface area contributed by atoms with Gasteiger partial charge in [-0.3, -0.25) is 4.79 Å². The van der Waals surface area contributed by atoms with E-state index in [4.69, 9.17) is 4.42 Å². The molecule has 0 aliphatic heterocycles. The Morgan fingerprint density at radius 3 is 2.60 bits per heavy atom. The molecular weight excluding hydrogens is 348 g/mol. The summed E-state index contributed by atoms with van der Waals surface area (Å²) in [7, 11) is 0. The zero-order valence-corrected chi connectivity index (χ0v) is 13.9. The van der Waals surface area contributed by atoms with Gasteiger partial charge in [0.1, 0.15) is 0 Å². The molecule has 1 atom stereocenters. The van der Waals surface area contributed by atoms with E-state index in [0.29, 0.717) is 5.89 Å². The first-order valence-corrected chi connectivity index (χ1v) is 8.22. The molecular formula is C17H13F2N3O2S. The quantitative estimate of drug-likeness (QED) is 0.692. The minimum atomic E-state index is -1.03. The van der Waals surface area contributed by atoms with E-state index in [2.05, 4.69) is 15.5 Å². The van der Waals surface area contributed by atoms with E-state index in [0.717, 1.165) is 29.5 Å². The molecule has 0 unspecified atom stereocenters. The summed E-state index contributed by atoms with van der Waals surface area (Å²) in [5.74, 6) is -2.03. The first-order chi connectivity index (χ1) is 12.0. The molecule has 0 fully saturated rings. The molecule has 0 aliphatic carbocycles. The second-order valence-corrected chi connectivity index (χ2v) is 6.41. The van der Waals surface area contributed by atoms with Crippen LogP contribution in [0.15, 0.2) is 58.2 Å². The maximum atomic E-state index is 13.2. The van der Waals surface area contributed by atoms with E-state index >= 15 is 0 Å². The summed E-state index contributed by atoms with van der Waals surface area (Å²) in [4.78, 5) is 12.2. The van der Waals surface area contributed by atoms with Crippen molar-refractivity contribution in [2.45, 2.75) is 17.4 Å². The highest BCUT2D eigenvalue weighted by molar-refractivity contribution is 8.00. The molecule has 1 aromatic heterocycles. The third-order valence-electron chi connectivity index (χ3n) is 3.26. The van der Waals surface area contributed by atoms with Crippen molar-refractivity contribution in [3.8, 4) is 11.5 Å². The van der Waals surface area contributed by atoms with Gasteiger partial charge >= 0.3 is 0 Å². The van der Waals surface area contributed by atoms with Gasteiger partial charge in [-0.2, -0.15) is 0 Å². The number of hydrogen-bond acceptors (Lipinski definition) is 5. The minimum Gasteiger partial charge on any atom is -0.411 e. The monoisotopic (exact) mass is 361 g/mol. The van der Waals surface area contributed by atoms with E-state index in [9.17, 15) is 13.6 Å². The molecule has 0 saturated carbocycles. The Labute approximate surface area is 146 Å². The van der Waals surface area contributed by atoms with Gasteiger partial charge in [-0.05, 0) is 31.2 Å². The maximum absolute atomic E-state index is 13.2. The first-order valence-electron chi connectivity index (χ1n) is 7.34. The van der Waals surface area contributed by atoms with Gasteiger partial charge in [0.05, 0.1) is 5.25 Å². The highest BCUT2D eigenvalue weighted by atomic mass is 32.2. The summed E-state index contributed by atoms with van der Waals surface area (Å²) in [6, 6.07) is 12.4. The number of rotatable bonds is 5. The average Bonchev–Trinajstić information content (AvgIpc) is 3.07. The summed E-state index contributed by atoms with van der Waals surface area (Å²) in [6.45, 7) is 1.65. The molecule has 0 radical (unpaired) electrons. The lowest BCUT2D eigenvalue weighted by molar-refractivity contribution is -0.115. The van der Waals surface area contributed by atoms with Crippen LogP contribution in [0.5, 0.6) is 0 Å². The molecule has 0 spiro atoms. The molecule has 3 rings (SSSR count). The minimum absolute atomic E-state index is 0.173. The topological polar surface area (TPSA) is 68.0 Å². The predicted molar refractivity (Wildman–Crippen MR) is 90.0 cm³/mol. The summed E-state index contributed by atoms with van der Waals surface area (Å²) in [5.41, 5.74) is 0.951. The molecule has 1 N–H and O–H groups in total. The van der Waals surface area contributed by atoms with Crippen LogP contribution in [0, 0.1) is 11.6 Å². The Morgan fingerprint density at radius 1 is 1.12 bits per heavy atom. The molecule has 3 aromatic rings. The highest BCUT2D eigenvalue weighted by Crippen LogP contribution is 2.26. The number of hydrogen-bond donors (Lipinski definition) is 1. The number of amides is 1. The van der Waals surface area contributed by atoms with E-state index < -0.39 is 22.8 Å². The molecule has 0 bridgehead atoms. The van der Waals surface area contributed by atoms with Gasteiger partial charge in [0, 0.05) is 17.3 Å². The lowest BCUT2D eigenvalue weighted by Crippen LogP contribution is -2.22. The zero-order chi connectivity index (χ0) is 17.8. The van der Waals surface area contributed by atoms with Crippen LogP contribution in [0.1, 0.15) is 6.92 Å². The summed E-state index contributed by atoms with van der Waals surface area (Å²) < 4.78 is 31.6. The third-order valence-corrected chi connectivity index (χ3v) is 4.20. The normalized spacial score (nSPS) is 12.0.